The molecule has 4 nitrogen and oxygen atoms in total. The van der Waals surface area contributed by atoms with Gasteiger partial charge in [-0.1, -0.05) is 36.9 Å². The lowest BCUT2D eigenvalue weighted by molar-refractivity contribution is -0.424. The van der Waals surface area contributed by atoms with Crippen LogP contribution in [0.25, 0.3) is 5.70 Å². The molecule has 0 aromatic heterocycles. The van der Waals surface area contributed by atoms with Gasteiger partial charge in [-0.3, -0.25) is 15.0 Å². The summed E-state index contributed by atoms with van der Waals surface area (Å²) < 4.78 is 53.9. The molecule has 23 heavy (non-hydrogen) atoms. The molecule has 0 saturated carbocycles. The van der Waals surface area contributed by atoms with Crippen molar-refractivity contribution in [3.05, 3.63) is 75.6 Å². The molecule has 1 heterocycles. The Bertz CT molecular complexity index is 711. The lowest BCUT2D eigenvalue weighted by atomic mass is 9.99. The molecule has 0 unspecified atom stereocenters. The Hall–Kier alpha value is -2.64. The minimum atomic E-state index is -4.64. The molecule has 2 rings (SSSR count). The van der Waals surface area contributed by atoms with Crippen LogP contribution in [0.4, 0.5) is 17.6 Å². The van der Waals surface area contributed by atoms with E-state index in [0.717, 1.165) is 6.08 Å². The summed E-state index contributed by atoms with van der Waals surface area (Å²) in [5, 5.41) is 11.0. The number of benzene rings is 1. The molecule has 0 saturated heterocycles. The van der Waals surface area contributed by atoms with Crippen LogP contribution in [0.15, 0.2) is 60.0 Å². The zero-order valence-corrected chi connectivity index (χ0v) is 12.0. The fourth-order valence-electron chi connectivity index (χ4n) is 2.32. The second-order valence-corrected chi connectivity index (χ2v) is 4.85. The van der Waals surface area contributed by atoms with Gasteiger partial charge < -0.3 is 0 Å². The van der Waals surface area contributed by atoms with Crippen molar-refractivity contribution >= 4 is 5.70 Å². The van der Waals surface area contributed by atoms with E-state index in [-0.39, 0.29) is 21.7 Å². The van der Waals surface area contributed by atoms with Gasteiger partial charge in [-0.25, -0.2) is 8.78 Å². The first-order chi connectivity index (χ1) is 10.7. The van der Waals surface area contributed by atoms with E-state index in [1.54, 1.807) is 18.2 Å². The highest BCUT2D eigenvalue weighted by Gasteiger charge is 2.52. The average Bonchev–Trinajstić information content (AvgIpc) is 2.48. The summed E-state index contributed by atoms with van der Waals surface area (Å²) in [4.78, 5) is 10.0. The quantitative estimate of drug-likeness (QED) is 0.359. The number of nitrogens with zero attached hydrogens (tertiary/aromatic N) is 2. The van der Waals surface area contributed by atoms with Crippen LogP contribution in [-0.4, -0.2) is 22.3 Å². The van der Waals surface area contributed by atoms with E-state index in [1.165, 1.54) is 19.1 Å². The van der Waals surface area contributed by atoms with Crippen molar-refractivity contribution in [3.63, 3.8) is 0 Å². The predicted octanol–water partition coefficient (Wildman–Crippen LogP) is 4.27. The third-order valence-electron chi connectivity index (χ3n) is 3.32. The standard InChI is InChI=1S/C15H12F4N2O2/c1-9-8-12(21(22)23)10(2)20(15(18,19)14(16)17)13(9)11-6-4-3-5-7-11/h3-8,14H,2H2,1H3. The van der Waals surface area contributed by atoms with E-state index < -0.39 is 28.8 Å². The fraction of sp³-hybridized carbons (Fsp3) is 0.200. The van der Waals surface area contributed by atoms with Crippen LogP contribution >= 0.6 is 0 Å². The second kappa shape index (κ2) is 5.86. The van der Waals surface area contributed by atoms with Crippen LogP contribution in [0.5, 0.6) is 0 Å². The van der Waals surface area contributed by atoms with Gasteiger partial charge in [0.25, 0.3) is 5.70 Å². The van der Waals surface area contributed by atoms with Crippen molar-refractivity contribution in [3.8, 4) is 0 Å². The monoisotopic (exact) mass is 328 g/mol. The minimum absolute atomic E-state index is 0.0551. The Kier molecular flexibility index (Phi) is 4.26. The molecular formula is C15H12F4N2O2. The first-order valence-corrected chi connectivity index (χ1v) is 6.45. The first-order valence-electron chi connectivity index (χ1n) is 6.45. The van der Waals surface area contributed by atoms with Gasteiger partial charge in [0.05, 0.1) is 10.6 Å². The van der Waals surface area contributed by atoms with Crippen LogP contribution in [0.1, 0.15) is 12.5 Å². The number of alkyl halides is 4. The fourth-order valence-corrected chi connectivity index (χ4v) is 2.32. The zero-order chi connectivity index (χ0) is 17.4. The Morgan fingerprint density at radius 1 is 1.26 bits per heavy atom. The molecule has 0 atom stereocenters. The van der Waals surface area contributed by atoms with E-state index in [1.807, 2.05) is 0 Å². The lowest BCUT2D eigenvalue weighted by Gasteiger charge is -2.37. The number of nitro groups is 1. The van der Waals surface area contributed by atoms with Gasteiger partial charge in [0.1, 0.15) is 5.70 Å². The molecule has 0 fully saturated rings. The van der Waals surface area contributed by atoms with Crippen LogP contribution in [0.2, 0.25) is 0 Å². The maximum Gasteiger partial charge on any atom is 0.390 e. The summed E-state index contributed by atoms with van der Waals surface area (Å²) in [5.41, 5.74) is -1.49. The molecule has 0 N–H and O–H groups in total. The van der Waals surface area contributed by atoms with Crippen molar-refractivity contribution in [2.45, 2.75) is 19.4 Å². The summed E-state index contributed by atoms with van der Waals surface area (Å²) in [6, 6.07) is 2.98. The number of rotatable bonds is 4. The van der Waals surface area contributed by atoms with Crippen LogP contribution in [0.3, 0.4) is 0 Å². The molecular weight excluding hydrogens is 316 g/mol. The van der Waals surface area contributed by atoms with Crippen LogP contribution in [0, 0.1) is 10.1 Å². The van der Waals surface area contributed by atoms with Gasteiger partial charge >= 0.3 is 12.5 Å². The van der Waals surface area contributed by atoms with Crippen molar-refractivity contribution in [1.82, 2.24) is 4.90 Å². The summed E-state index contributed by atoms with van der Waals surface area (Å²) in [7, 11) is 0. The molecule has 0 aliphatic carbocycles. The predicted molar refractivity (Wildman–Crippen MR) is 76.0 cm³/mol. The SMILES string of the molecule is C=C1C([N+](=O)[O-])=CC(C)=C(c2ccccc2)N1C(F)(F)C(F)F. The maximum absolute atomic E-state index is 14.1. The third-order valence-corrected chi connectivity index (χ3v) is 3.32. The highest BCUT2D eigenvalue weighted by atomic mass is 19.3. The topological polar surface area (TPSA) is 46.4 Å². The van der Waals surface area contributed by atoms with Gasteiger partial charge in [0.15, 0.2) is 0 Å². The van der Waals surface area contributed by atoms with E-state index in [4.69, 9.17) is 0 Å². The van der Waals surface area contributed by atoms with Crippen molar-refractivity contribution in [2.24, 2.45) is 0 Å². The van der Waals surface area contributed by atoms with Crippen molar-refractivity contribution in [2.75, 3.05) is 0 Å². The summed E-state index contributed by atoms with van der Waals surface area (Å²) in [5.74, 6) is 0. The van der Waals surface area contributed by atoms with E-state index in [9.17, 15) is 27.7 Å². The van der Waals surface area contributed by atoms with E-state index >= 15 is 0 Å². The third kappa shape index (κ3) is 2.84. The molecule has 1 aromatic carbocycles. The Morgan fingerprint density at radius 2 is 1.83 bits per heavy atom. The number of hydrogen-bond donors (Lipinski definition) is 0. The number of allylic oxidation sites excluding steroid dienone is 2. The summed E-state index contributed by atoms with van der Waals surface area (Å²) in [6.45, 7) is 4.57. The van der Waals surface area contributed by atoms with Crippen LogP contribution < -0.4 is 0 Å². The molecule has 122 valence electrons. The van der Waals surface area contributed by atoms with Crippen LogP contribution in [-0.2, 0) is 0 Å². The Labute approximate surface area is 129 Å². The molecule has 0 bridgehead atoms. The largest absolute Gasteiger partial charge is 0.390 e. The molecule has 1 aliphatic rings. The van der Waals surface area contributed by atoms with E-state index in [0.29, 0.717) is 0 Å². The summed E-state index contributed by atoms with van der Waals surface area (Å²) in [6.07, 6.45) is -3.00. The van der Waals surface area contributed by atoms with Gasteiger partial charge in [0.2, 0.25) is 0 Å². The van der Waals surface area contributed by atoms with Crippen molar-refractivity contribution in [1.29, 1.82) is 0 Å². The van der Waals surface area contributed by atoms with Gasteiger partial charge in [-0.2, -0.15) is 8.78 Å². The van der Waals surface area contributed by atoms with Gasteiger partial charge in [0, 0.05) is 6.08 Å². The maximum atomic E-state index is 14.1. The van der Waals surface area contributed by atoms with Gasteiger partial charge in [-0.05, 0) is 18.1 Å². The number of halogens is 4. The zero-order valence-electron chi connectivity index (χ0n) is 12.0. The number of hydrogen-bond acceptors (Lipinski definition) is 3. The summed E-state index contributed by atoms with van der Waals surface area (Å²) >= 11 is 0. The molecule has 0 spiro atoms. The minimum Gasteiger partial charge on any atom is -0.271 e. The Morgan fingerprint density at radius 3 is 2.30 bits per heavy atom. The Balaban J connectivity index is 2.72. The molecule has 1 aromatic rings. The van der Waals surface area contributed by atoms with Gasteiger partial charge in [-0.15, -0.1) is 0 Å². The molecule has 8 heteroatoms. The normalized spacial score (nSPS) is 16.0. The second-order valence-electron chi connectivity index (χ2n) is 4.85. The highest BCUT2D eigenvalue weighted by molar-refractivity contribution is 5.74. The molecule has 0 radical (unpaired) electrons. The molecule has 0 amide bonds. The first kappa shape index (κ1) is 16.7. The highest BCUT2D eigenvalue weighted by Crippen LogP contribution is 2.43. The van der Waals surface area contributed by atoms with Crippen molar-refractivity contribution < 1.29 is 22.5 Å². The molecule has 1 aliphatic heterocycles. The lowest BCUT2D eigenvalue weighted by Crippen LogP contribution is -2.47. The van der Waals surface area contributed by atoms with E-state index in [2.05, 4.69) is 6.58 Å². The average molecular weight is 328 g/mol. The smallest absolute Gasteiger partial charge is 0.271 e.